The van der Waals surface area contributed by atoms with Crippen molar-refractivity contribution in [2.45, 2.75) is 56.1 Å². The van der Waals surface area contributed by atoms with Crippen molar-refractivity contribution >= 4 is 38.4 Å². The molecule has 4 rings (SSSR count). The van der Waals surface area contributed by atoms with Gasteiger partial charge >= 0.3 is 0 Å². The Morgan fingerprint density at radius 1 is 1.14 bits per heavy atom. The fraction of sp³-hybridized carbons (Fsp3) is 0.550. The van der Waals surface area contributed by atoms with Crippen molar-refractivity contribution in [1.29, 1.82) is 0 Å². The van der Waals surface area contributed by atoms with Crippen LogP contribution in [-0.4, -0.2) is 58.5 Å². The number of amides is 1. The van der Waals surface area contributed by atoms with Crippen molar-refractivity contribution in [3.05, 3.63) is 30.1 Å². The van der Waals surface area contributed by atoms with Crippen LogP contribution in [0.5, 0.6) is 0 Å². The number of nitrogens with zero attached hydrogens (tertiary/aromatic N) is 3. The van der Waals surface area contributed by atoms with Crippen LogP contribution in [0.15, 0.2) is 29.3 Å². The maximum atomic E-state index is 13.2. The van der Waals surface area contributed by atoms with Crippen LogP contribution in [0.2, 0.25) is 0 Å². The first-order valence-corrected chi connectivity index (χ1v) is 12.6. The van der Waals surface area contributed by atoms with E-state index in [0.29, 0.717) is 12.2 Å². The molecular formula is C20H25N3O3S2. The first-order valence-electron chi connectivity index (χ1n) is 9.81. The van der Waals surface area contributed by atoms with Crippen LogP contribution in [0.4, 0.5) is 0 Å². The van der Waals surface area contributed by atoms with Crippen molar-refractivity contribution in [3.8, 4) is 0 Å². The molecule has 2 heterocycles. The lowest BCUT2D eigenvalue weighted by Crippen LogP contribution is -2.47. The predicted molar refractivity (Wildman–Crippen MR) is 111 cm³/mol. The predicted octanol–water partition coefficient (Wildman–Crippen LogP) is 2.99. The van der Waals surface area contributed by atoms with Crippen LogP contribution in [0.25, 0.3) is 10.9 Å². The Labute approximate surface area is 170 Å². The van der Waals surface area contributed by atoms with Gasteiger partial charge in [0.1, 0.15) is 10.9 Å². The third-order valence-corrected chi connectivity index (χ3v) is 8.35. The maximum Gasteiger partial charge on any atom is 0.233 e. The first kappa shape index (κ1) is 19.6. The summed E-state index contributed by atoms with van der Waals surface area (Å²) in [6, 6.07) is 7.81. The summed E-state index contributed by atoms with van der Waals surface area (Å²) in [7, 11) is -3.03. The summed E-state index contributed by atoms with van der Waals surface area (Å²) >= 11 is 1.43. The largest absolute Gasteiger partial charge is 0.335 e. The Hall–Kier alpha value is -1.67. The van der Waals surface area contributed by atoms with E-state index < -0.39 is 9.84 Å². The van der Waals surface area contributed by atoms with E-state index in [-0.39, 0.29) is 35.2 Å². The minimum Gasteiger partial charge on any atom is -0.335 e. The summed E-state index contributed by atoms with van der Waals surface area (Å²) in [4.78, 5) is 24.1. The SMILES string of the molecule is Cc1nc(SCC(=O)N(C2CCCC2)[C@H]2CCS(=O)(=O)C2)c2ccccc2n1. The lowest BCUT2D eigenvalue weighted by molar-refractivity contribution is -0.132. The van der Waals surface area contributed by atoms with Crippen molar-refractivity contribution < 1.29 is 13.2 Å². The van der Waals surface area contributed by atoms with E-state index in [1.54, 1.807) is 0 Å². The molecule has 1 aliphatic heterocycles. The van der Waals surface area contributed by atoms with E-state index in [0.717, 1.165) is 41.6 Å². The highest BCUT2D eigenvalue weighted by Crippen LogP contribution is 2.31. The Bertz CT molecular complexity index is 987. The third kappa shape index (κ3) is 4.17. The van der Waals surface area contributed by atoms with E-state index in [1.165, 1.54) is 11.8 Å². The topological polar surface area (TPSA) is 80.2 Å². The number of carbonyl (C=O) groups is 1. The molecule has 1 aromatic carbocycles. The first-order chi connectivity index (χ1) is 13.4. The molecular weight excluding hydrogens is 394 g/mol. The van der Waals surface area contributed by atoms with Gasteiger partial charge in [0.2, 0.25) is 5.91 Å². The molecule has 6 nitrogen and oxygen atoms in total. The minimum absolute atomic E-state index is 0.0272. The number of carbonyl (C=O) groups excluding carboxylic acids is 1. The molecule has 1 aliphatic carbocycles. The van der Waals surface area contributed by atoms with E-state index in [4.69, 9.17) is 0 Å². The van der Waals surface area contributed by atoms with E-state index >= 15 is 0 Å². The standard InChI is InChI=1S/C20H25N3O3S2/c1-14-21-18-9-5-4-8-17(18)20(22-14)27-12-19(24)23(15-6-2-3-7-15)16-10-11-28(25,26)13-16/h4-5,8-9,15-16H,2-3,6-7,10-13H2,1H3/t16-/m0/s1. The number of hydrogen-bond acceptors (Lipinski definition) is 6. The number of aryl methyl sites for hydroxylation is 1. The fourth-order valence-electron chi connectivity index (χ4n) is 4.36. The number of benzene rings is 1. The van der Waals surface area contributed by atoms with Crippen molar-refractivity contribution in [2.75, 3.05) is 17.3 Å². The average molecular weight is 420 g/mol. The average Bonchev–Trinajstić information content (AvgIpc) is 3.30. The Balaban J connectivity index is 1.54. The smallest absolute Gasteiger partial charge is 0.233 e. The van der Waals surface area contributed by atoms with Crippen molar-refractivity contribution in [1.82, 2.24) is 14.9 Å². The van der Waals surface area contributed by atoms with Gasteiger partial charge in [-0.1, -0.05) is 42.8 Å². The van der Waals surface area contributed by atoms with E-state index in [2.05, 4.69) is 9.97 Å². The van der Waals surface area contributed by atoms with Crippen LogP contribution in [-0.2, 0) is 14.6 Å². The fourth-order valence-corrected chi connectivity index (χ4v) is 7.00. The van der Waals surface area contributed by atoms with E-state index in [1.807, 2.05) is 36.1 Å². The molecule has 1 atom stereocenters. The molecule has 2 aromatic rings. The molecule has 1 saturated heterocycles. The van der Waals surface area contributed by atoms with Crippen LogP contribution < -0.4 is 0 Å². The summed E-state index contributed by atoms with van der Waals surface area (Å²) in [5.41, 5.74) is 0.875. The van der Waals surface area contributed by atoms with Crippen LogP contribution in [0.3, 0.4) is 0 Å². The van der Waals surface area contributed by atoms with Gasteiger partial charge < -0.3 is 4.90 Å². The number of para-hydroxylation sites is 1. The lowest BCUT2D eigenvalue weighted by atomic mass is 10.1. The molecule has 28 heavy (non-hydrogen) atoms. The summed E-state index contributed by atoms with van der Waals surface area (Å²) in [6.45, 7) is 1.85. The van der Waals surface area contributed by atoms with Crippen LogP contribution in [0.1, 0.15) is 37.9 Å². The van der Waals surface area contributed by atoms with Gasteiger partial charge in [0.05, 0.1) is 22.8 Å². The van der Waals surface area contributed by atoms with E-state index in [9.17, 15) is 13.2 Å². The molecule has 0 unspecified atom stereocenters. The molecule has 2 aliphatic rings. The van der Waals surface area contributed by atoms with Gasteiger partial charge in [-0.05, 0) is 32.3 Å². The normalized spacial score (nSPS) is 22.0. The van der Waals surface area contributed by atoms with Gasteiger partial charge in [-0.2, -0.15) is 0 Å². The quantitative estimate of drug-likeness (QED) is 0.547. The molecule has 0 radical (unpaired) electrons. The monoisotopic (exact) mass is 419 g/mol. The third-order valence-electron chi connectivity index (χ3n) is 5.62. The number of rotatable bonds is 5. The summed E-state index contributed by atoms with van der Waals surface area (Å²) in [5, 5.41) is 1.75. The molecule has 1 aromatic heterocycles. The highest BCUT2D eigenvalue weighted by molar-refractivity contribution is 8.00. The molecule has 2 fully saturated rings. The van der Waals surface area contributed by atoms with Gasteiger partial charge in [-0.25, -0.2) is 18.4 Å². The zero-order valence-electron chi connectivity index (χ0n) is 16.0. The van der Waals surface area contributed by atoms with Gasteiger partial charge in [0.15, 0.2) is 9.84 Å². The summed E-state index contributed by atoms with van der Waals surface area (Å²) < 4.78 is 24.0. The van der Waals surface area contributed by atoms with Gasteiger partial charge in [-0.3, -0.25) is 4.79 Å². The summed E-state index contributed by atoms with van der Waals surface area (Å²) in [5.74, 6) is 1.28. The number of hydrogen-bond donors (Lipinski definition) is 0. The van der Waals surface area contributed by atoms with Crippen molar-refractivity contribution in [2.24, 2.45) is 0 Å². The molecule has 1 saturated carbocycles. The second-order valence-corrected chi connectivity index (χ2v) is 10.9. The second kappa shape index (κ2) is 7.99. The minimum atomic E-state index is -3.03. The molecule has 8 heteroatoms. The van der Waals surface area contributed by atoms with Crippen LogP contribution in [0, 0.1) is 6.92 Å². The molecule has 0 bridgehead atoms. The van der Waals surface area contributed by atoms with Gasteiger partial charge in [0, 0.05) is 17.5 Å². The van der Waals surface area contributed by atoms with Gasteiger partial charge in [-0.15, -0.1) is 0 Å². The number of thioether (sulfide) groups is 1. The second-order valence-electron chi connectivity index (χ2n) is 7.68. The molecule has 0 spiro atoms. The lowest BCUT2D eigenvalue weighted by Gasteiger charge is -2.34. The maximum absolute atomic E-state index is 13.2. The Morgan fingerprint density at radius 3 is 2.61 bits per heavy atom. The number of aromatic nitrogens is 2. The van der Waals surface area contributed by atoms with Crippen LogP contribution >= 0.6 is 11.8 Å². The molecule has 150 valence electrons. The number of sulfone groups is 1. The zero-order valence-corrected chi connectivity index (χ0v) is 17.6. The number of fused-ring (bicyclic) bond motifs is 1. The summed E-state index contributed by atoms with van der Waals surface area (Å²) in [6.07, 6.45) is 4.73. The van der Waals surface area contributed by atoms with Gasteiger partial charge in [0.25, 0.3) is 0 Å². The molecule has 0 N–H and O–H groups in total. The Morgan fingerprint density at radius 2 is 1.89 bits per heavy atom. The molecule has 1 amide bonds. The highest BCUT2D eigenvalue weighted by atomic mass is 32.2. The van der Waals surface area contributed by atoms with Crippen molar-refractivity contribution in [3.63, 3.8) is 0 Å². The Kier molecular flexibility index (Phi) is 5.60. The highest BCUT2D eigenvalue weighted by Gasteiger charge is 2.38. The zero-order chi connectivity index (χ0) is 19.7.